The van der Waals surface area contributed by atoms with Crippen molar-refractivity contribution in [3.8, 4) is 0 Å². The quantitative estimate of drug-likeness (QED) is 0.802. The first-order valence-corrected chi connectivity index (χ1v) is 7.04. The van der Waals surface area contributed by atoms with Gasteiger partial charge in [0.15, 0.2) is 5.65 Å². The van der Waals surface area contributed by atoms with E-state index in [1.54, 1.807) is 12.1 Å². The molecule has 1 aromatic carbocycles. The molecule has 3 rings (SSSR count). The summed E-state index contributed by atoms with van der Waals surface area (Å²) in [5, 5.41) is 4.45. The standard InChI is InChI=1S/C15H18FN5/c1-3-21-14-13(10(2)19-21)18-15(17)20(14)9-8-11-6-4-5-7-12(11)16/h4-7H,3,8-9H2,1-2H3,(H2,17,18). The molecule has 0 aliphatic heterocycles. The molecule has 0 aliphatic carbocycles. The summed E-state index contributed by atoms with van der Waals surface area (Å²) < 4.78 is 17.5. The highest BCUT2D eigenvalue weighted by atomic mass is 19.1. The Morgan fingerprint density at radius 1 is 1.29 bits per heavy atom. The van der Waals surface area contributed by atoms with Crippen molar-refractivity contribution in [2.24, 2.45) is 0 Å². The molecule has 2 aromatic heterocycles. The summed E-state index contributed by atoms with van der Waals surface area (Å²) in [6, 6.07) is 6.80. The molecule has 0 saturated heterocycles. The predicted molar refractivity (Wildman–Crippen MR) is 80.4 cm³/mol. The van der Waals surface area contributed by atoms with E-state index in [0.717, 1.165) is 23.4 Å². The van der Waals surface area contributed by atoms with Crippen LogP contribution in [0.1, 0.15) is 18.2 Å². The van der Waals surface area contributed by atoms with Gasteiger partial charge in [-0.05, 0) is 31.9 Å². The molecule has 0 saturated carbocycles. The van der Waals surface area contributed by atoms with Crippen molar-refractivity contribution in [1.82, 2.24) is 19.3 Å². The fraction of sp³-hybridized carbons (Fsp3) is 0.333. The molecule has 21 heavy (non-hydrogen) atoms. The molecule has 0 amide bonds. The fourth-order valence-corrected chi connectivity index (χ4v) is 2.62. The van der Waals surface area contributed by atoms with Crippen LogP contribution in [0.3, 0.4) is 0 Å². The van der Waals surface area contributed by atoms with Gasteiger partial charge in [-0.3, -0.25) is 4.57 Å². The fourth-order valence-electron chi connectivity index (χ4n) is 2.62. The summed E-state index contributed by atoms with van der Waals surface area (Å²) in [5.41, 5.74) is 9.28. The van der Waals surface area contributed by atoms with Crippen LogP contribution in [0.4, 0.5) is 10.3 Å². The number of nitrogen functional groups attached to an aromatic ring is 1. The molecule has 2 heterocycles. The third-order valence-corrected chi connectivity index (χ3v) is 3.69. The average molecular weight is 287 g/mol. The minimum absolute atomic E-state index is 0.187. The van der Waals surface area contributed by atoms with Crippen molar-refractivity contribution < 1.29 is 4.39 Å². The van der Waals surface area contributed by atoms with Crippen molar-refractivity contribution in [3.05, 3.63) is 41.3 Å². The first-order valence-electron chi connectivity index (χ1n) is 7.04. The topological polar surface area (TPSA) is 61.7 Å². The van der Waals surface area contributed by atoms with Gasteiger partial charge < -0.3 is 5.73 Å². The molecule has 0 unspecified atom stereocenters. The van der Waals surface area contributed by atoms with E-state index in [2.05, 4.69) is 10.1 Å². The monoisotopic (exact) mass is 287 g/mol. The van der Waals surface area contributed by atoms with Crippen LogP contribution >= 0.6 is 0 Å². The zero-order valence-corrected chi connectivity index (χ0v) is 12.2. The van der Waals surface area contributed by atoms with Gasteiger partial charge in [0.1, 0.15) is 11.3 Å². The smallest absolute Gasteiger partial charge is 0.202 e. The van der Waals surface area contributed by atoms with Crippen LogP contribution in [0.5, 0.6) is 0 Å². The molecule has 0 spiro atoms. The second-order valence-electron chi connectivity index (χ2n) is 5.04. The Kier molecular flexibility index (Phi) is 3.37. The van der Waals surface area contributed by atoms with Gasteiger partial charge in [-0.1, -0.05) is 18.2 Å². The van der Waals surface area contributed by atoms with Crippen LogP contribution in [-0.4, -0.2) is 19.3 Å². The highest BCUT2D eigenvalue weighted by molar-refractivity contribution is 5.77. The number of nitrogens with zero attached hydrogens (tertiary/aromatic N) is 4. The largest absolute Gasteiger partial charge is 0.369 e. The molecule has 0 atom stereocenters. The molecular formula is C15H18FN5. The molecular weight excluding hydrogens is 269 g/mol. The summed E-state index contributed by atoms with van der Waals surface area (Å²) in [5.74, 6) is 0.261. The summed E-state index contributed by atoms with van der Waals surface area (Å²) in [7, 11) is 0. The number of fused-ring (bicyclic) bond motifs is 1. The van der Waals surface area contributed by atoms with Crippen LogP contribution < -0.4 is 5.73 Å². The highest BCUT2D eigenvalue weighted by Crippen LogP contribution is 2.22. The van der Waals surface area contributed by atoms with Crippen molar-refractivity contribution in [2.75, 3.05) is 5.73 Å². The number of halogens is 1. The molecule has 2 N–H and O–H groups in total. The number of hydrogen-bond donors (Lipinski definition) is 1. The van der Waals surface area contributed by atoms with Crippen LogP contribution in [0, 0.1) is 12.7 Å². The molecule has 110 valence electrons. The number of rotatable bonds is 4. The number of aryl methyl sites for hydroxylation is 4. The summed E-state index contributed by atoms with van der Waals surface area (Å²) in [6.07, 6.45) is 0.566. The summed E-state index contributed by atoms with van der Waals surface area (Å²) in [6.45, 7) is 5.27. The molecule has 0 radical (unpaired) electrons. The van der Waals surface area contributed by atoms with E-state index >= 15 is 0 Å². The van der Waals surface area contributed by atoms with E-state index in [4.69, 9.17) is 5.73 Å². The lowest BCUT2D eigenvalue weighted by molar-refractivity contribution is 0.590. The van der Waals surface area contributed by atoms with Gasteiger partial charge in [-0.15, -0.1) is 0 Å². The normalized spacial score (nSPS) is 11.4. The van der Waals surface area contributed by atoms with Gasteiger partial charge in [-0.25, -0.2) is 14.1 Å². The molecule has 3 aromatic rings. The van der Waals surface area contributed by atoms with E-state index in [1.807, 2.05) is 29.2 Å². The van der Waals surface area contributed by atoms with E-state index in [0.29, 0.717) is 24.5 Å². The Labute approximate surface area is 122 Å². The first-order chi connectivity index (χ1) is 10.1. The maximum absolute atomic E-state index is 13.7. The lowest BCUT2D eigenvalue weighted by Gasteiger charge is -2.08. The Balaban J connectivity index is 1.97. The van der Waals surface area contributed by atoms with Crippen molar-refractivity contribution in [1.29, 1.82) is 0 Å². The van der Waals surface area contributed by atoms with E-state index in [-0.39, 0.29) is 5.82 Å². The van der Waals surface area contributed by atoms with Gasteiger partial charge in [0.05, 0.1) is 5.69 Å². The maximum Gasteiger partial charge on any atom is 0.202 e. The second-order valence-corrected chi connectivity index (χ2v) is 5.04. The minimum Gasteiger partial charge on any atom is -0.369 e. The van der Waals surface area contributed by atoms with Gasteiger partial charge in [0.25, 0.3) is 0 Å². The third kappa shape index (κ3) is 2.26. The number of nitrogens with two attached hydrogens (primary N) is 1. The molecule has 0 aliphatic rings. The Morgan fingerprint density at radius 2 is 2.05 bits per heavy atom. The van der Waals surface area contributed by atoms with E-state index in [1.165, 1.54) is 6.07 Å². The maximum atomic E-state index is 13.7. The third-order valence-electron chi connectivity index (χ3n) is 3.69. The lowest BCUT2D eigenvalue weighted by atomic mass is 10.1. The SMILES string of the molecule is CCn1nc(C)c2nc(N)n(CCc3ccccc3F)c21. The Morgan fingerprint density at radius 3 is 2.76 bits per heavy atom. The molecule has 6 heteroatoms. The van der Waals surface area contributed by atoms with Crippen LogP contribution in [0.2, 0.25) is 0 Å². The average Bonchev–Trinajstić information content (AvgIpc) is 2.95. The lowest BCUT2D eigenvalue weighted by Crippen LogP contribution is -2.10. The number of aromatic nitrogens is 4. The predicted octanol–water partition coefficient (Wildman–Crippen LogP) is 2.53. The van der Waals surface area contributed by atoms with Crippen LogP contribution in [0.25, 0.3) is 11.2 Å². The minimum atomic E-state index is -0.187. The molecule has 5 nitrogen and oxygen atoms in total. The van der Waals surface area contributed by atoms with Crippen molar-refractivity contribution in [2.45, 2.75) is 33.4 Å². The van der Waals surface area contributed by atoms with Crippen molar-refractivity contribution >= 4 is 17.1 Å². The summed E-state index contributed by atoms with van der Waals surface area (Å²) >= 11 is 0. The number of anilines is 1. The number of imidazole rings is 1. The molecule has 0 fully saturated rings. The first kappa shape index (κ1) is 13.6. The zero-order chi connectivity index (χ0) is 15.0. The Hall–Kier alpha value is -2.37. The number of benzene rings is 1. The van der Waals surface area contributed by atoms with E-state index in [9.17, 15) is 4.39 Å². The van der Waals surface area contributed by atoms with Gasteiger partial charge >= 0.3 is 0 Å². The highest BCUT2D eigenvalue weighted by Gasteiger charge is 2.16. The second kappa shape index (κ2) is 5.20. The van der Waals surface area contributed by atoms with Gasteiger partial charge in [0.2, 0.25) is 5.95 Å². The van der Waals surface area contributed by atoms with Crippen molar-refractivity contribution in [3.63, 3.8) is 0 Å². The van der Waals surface area contributed by atoms with E-state index < -0.39 is 0 Å². The number of hydrogen-bond acceptors (Lipinski definition) is 3. The van der Waals surface area contributed by atoms with Crippen LogP contribution in [-0.2, 0) is 19.5 Å². The van der Waals surface area contributed by atoms with Gasteiger partial charge in [-0.2, -0.15) is 5.10 Å². The van der Waals surface area contributed by atoms with Gasteiger partial charge in [0, 0.05) is 13.1 Å². The zero-order valence-electron chi connectivity index (χ0n) is 12.2. The Bertz CT molecular complexity index is 787. The van der Waals surface area contributed by atoms with Crippen LogP contribution in [0.15, 0.2) is 24.3 Å². The summed E-state index contributed by atoms with van der Waals surface area (Å²) in [4.78, 5) is 4.38. The molecule has 0 bridgehead atoms.